The van der Waals surface area contributed by atoms with Crippen molar-refractivity contribution in [2.45, 2.75) is 25.7 Å². The standard InChI is InChI=1S/C19H22FN3O4/c1-2-22-5-7-23(8-6-22)17-13(20)9-12-16(15(17)11-3-4-11)21-10-14(18(12)24)27-19(25)26/h9-11H,2-8H2,1H3,(H,21,24)(H,25,26). The van der Waals surface area contributed by atoms with Crippen LogP contribution in [0.3, 0.4) is 0 Å². The van der Waals surface area contributed by atoms with Gasteiger partial charge >= 0.3 is 6.16 Å². The molecule has 1 saturated heterocycles. The van der Waals surface area contributed by atoms with Crippen LogP contribution in [0.5, 0.6) is 5.75 Å². The third-order valence-electron chi connectivity index (χ3n) is 5.43. The van der Waals surface area contributed by atoms with E-state index >= 15 is 4.39 Å². The molecule has 27 heavy (non-hydrogen) atoms. The van der Waals surface area contributed by atoms with Crippen LogP contribution in [0.1, 0.15) is 31.2 Å². The Hall–Kier alpha value is -2.61. The van der Waals surface area contributed by atoms with E-state index in [0.29, 0.717) is 11.2 Å². The Morgan fingerprint density at radius 1 is 1.33 bits per heavy atom. The minimum atomic E-state index is -1.58. The molecule has 1 saturated carbocycles. The number of nitrogens with zero attached hydrogens (tertiary/aromatic N) is 2. The van der Waals surface area contributed by atoms with Gasteiger partial charge in [0.25, 0.3) is 0 Å². The maximum absolute atomic E-state index is 15.1. The number of fused-ring (bicyclic) bond motifs is 1. The Bertz CT molecular complexity index is 946. The number of piperazine rings is 1. The molecule has 8 heteroatoms. The fraction of sp³-hybridized carbons (Fsp3) is 0.474. The van der Waals surface area contributed by atoms with Crippen LogP contribution in [-0.4, -0.2) is 53.9 Å². The number of rotatable bonds is 4. The van der Waals surface area contributed by atoms with Crippen LogP contribution in [0.4, 0.5) is 14.9 Å². The molecule has 2 aliphatic rings. The van der Waals surface area contributed by atoms with Crippen molar-refractivity contribution >= 4 is 22.7 Å². The van der Waals surface area contributed by atoms with Gasteiger partial charge in [0.05, 0.1) is 16.6 Å². The Morgan fingerprint density at radius 3 is 2.63 bits per heavy atom. The van der Waals surface area contributed by atoms with E-state index in [0.717, 1.165) is 51.1 Å². The smallest absolute Gasteiger partial charge is 0.449 e. The van der Waals surface area contributed by atoms with E-state index in [1.807, 2.05) is 0 Å². The van der Waals surface area contributed by atoms with E-state index in [1.165, 1.54) is 12.3 Å². The third kappa shape index (κ3) is 3.25. The van der Waals surface area contributed by atoms with Gasteiger partial charge < -0.3 is 24.6 Å². The number of halogens is 1. The van der Waals surface area contributed by atoms with Crippen LogP contribution in [0.2, 0.25) is 0 Å². The molecule has 144 valence electrons. The number of aromatic amines is 1. The first-order chi connectivity index (χ1) is 13.0. The minimum Gasteiger partial charge on any atom is -0.449 e. The van der Waals surface area contributed by atoms with Gasteiger partial charge in [0.1, 0.15) is 5.82 Å². The summed E-state index contributed by atoms with van der Waals surface area (Å²) in [5.74, 6) is -0.572. The first kappa shape index (κ1) is 17.8. The summed E-state index contributed by atoms with van der Waals surface area (Å²) in [6.07, 6.45) is 1.58. The molecule has 0 spiro atoms. The zero-order chi connectivity index (χ0) is 19.1. The number of pyridine rings is 1. The monoisotopic (exact) mass is 375 g/mol. The van der Waals surface area contributed by atoms with Gasteiger partial charge in [-0.2, -0.15) is 0 Å². The second-order valence-corrected chi connectivity index (χ2v) is 7.09. The predicted octanol–water partition coefficient (Wildman–Crippen LogP) is 2.74. The number of nitrogens with one attached hydrogen (secondary N) is 1. The lowest BCUT2D eigenvalue weighted by atomic mass is 10.0. The maximum Gasteiger partial charge on any atom is 0.511 e. The summed E-state index contributed by atoms with van der Waals surface area (Å²) in [6.45, 7) is 6.31. The highest BCUT2D eigenvalue weighted by Gasteiger charge is 2.33. The van der Waals surface area contributed by atoms with E-state index in [2.05, 4.69) is 26.4 Å². The third-order valence-corrected chi connectivity index (χ3v) is 5.43. The Kier molecular flexibility index (Phi) is 4.51. The molecule has 1 aromatic heterocycles. The maximum atomic E-state index is 15.1. The van der Waals surface area contributed by atoms with Crippen LogP contribution in [0.25, 0.3) is 10.9 Å². The predicted molar refractivity (Wildman–Crippen MR) is 99.5 cm³/mol. The van der Waals surface area contributed by atoms with Gasteiger partial charge in [-0.25, -0.2) is 9.18 Å². The molecule has 0 radical (unpaired) electrons. The number of benzene rings is 1. The van der Waals surface area contributed by atoms with Gasteiger partial charge in [-0.15, -0.1) is 0 Å². The van der Waals surface area contributed by atoms with Gasteiger partial charge in [0.15, 0.2) is 5.75 Å². The minimum absolute atomic E-state index is 0.129. The Balaban J connectivity index is 1.83. The largest absolute Gasteiger partial charge is 0.511 e. The van der Waals surface area contributed by atoms with Crippen LogP contribution in [0.15, 0.2) is 17.1 Å². The van der Waals surface area contributed by atoms with E-state index in [-0.39, 0.29) is 17.1 Å². The van der Waals surface area contributed by atoms with Gasteiger partial charge in [-0.3, -0.25) is 4.79 Å². The molecule has 0 amide bonds. The Labute approximate surface area is 155 Å². The van der Waals surface area contributed by atoms with Crippen molar-refractivity contribution in [2.75, 3.05) is 37.6 Å². The lowest BCUT2D eigenvalue weighted by molar-refractivity contribution is 0.144. The average molecular weight is 375 g/mol. The number of H-pyrrole nitrogens is 1. The number of hydrogen-bond donors (Lipinski definition) is 2. The Morgan fingerprint density at radius 2 is 2.04 bits per heavy atom. The van der Waals surface area contributed by atoms with Crippen molar-refractivity contribution in [3.05, 3.63) is 33.9 Å². The van der Waals surface area contributed by atoms with Gasteiger partial charge in [-0.05, 0) is 31.4 Å². The van der Waals surface area contributed by atoms with E-state index in [1.54, 1.807) is 0 Å². The van der Waals surface area contributed by atoms with Gasteiger partial charge in [-0.1, -0.05) is 6.92 Å². The molecule has 7 nitrogen and oxygen atoms in total. The molecule has 2 aromatic rings. The summed E-state index contributed by atoms with van der Waals surface area (Å²) in [4.78, 5) is 30.7. The summed E-state index contributed by atoms with van der Waals surface area (Å²) in [5.41, 5.74) is 1.36. The molecule has 0 unspecified atom stereocenters. The van der Waals surface area contributed by atoms with Crippen molar-refractivity contribution in [3.63, 3.8) is 0 Å². The summed E-state index contributed by atoms with van der Waals surface area (Å²) in [7, 11) is 0. The van der Waals surface area contributed by atoms with E-state index in [9.17, 15) is 9.59 Å². The SMILES string of the molecule is CCN1CCN(c2c(F)cc3c(=O)c(OC(=O)O)c[nH]c3c2C2CC2)CC1. The topological polar surface area (TPSA) is 85.9 Å². The van der Waals surface area contributed by atoms with Crippen LogP contribution in [0, 0.1) is 5.82 Å². The summed E-state index contributed by atoms with van der Waals surface area (Å²) < 4.78 is 19.7. The fourth-order valence-electron chi connectivity index (χ4n) is 3.88. The average Bonchev–Trinajstić information content (AvgIpc) is 3.48. The first-order valence-electron chi connectivity index (χ1n) is 9.25. The number of likely N-dealkylation sites (N-methyl/N-ethyl adjacent to an activating group) is 1. The summed E-state index contributed by atoms with van der Waals surface area (Å²) in [5, 5.41) is 8.90. The molecule has 2 heterocycles. The highest BCUT2D eigenvalue weighted by Crippen LogP contribution is 2.48. The number of ether oxygens (including phenoxy) is 1. The molecular weight excluding hydrogens is 353 g/mol. The molecule has 0 bridgehead atoms. The number of carboxylic acid groups (broad SMARTS) is 1. The lowest BCUT2D eigenvalue weighted by Gasteiger charge is -2.37. The zero-order valence-electron chi connectivity index (χ0n) is 15.1. The normalized spacial score (nSPS) is 18.1. The van der Waals surface area contributed by atoms with Crippen LogP contribution < -0.4 is 15.1 Å². The second kappa shape index (κ2) is 6.84. The number of anilines is 1. The molecule has 2 fully saturated rings. The van der Waals surface area contributed by atoms with Crippen molar-refractivity contribution in [3.8, 4) is 5.75 Å². The number of hydrogen-bond acceptors (Lipinski definition) is 5. The van der Waals surface area contributed by atoms with E-state index < -0.39 is 17.4 Å². The van der Waals surface area contributed by atoms with Gasteiger partial charge in [0.2, 0.25) is 5.43 Å². The van der Waals surface area contributed by atoms with Crippen molar-refractivity contribution < 1.29 is 19.0 Å². The van der Waals surface area contributed by atoms with Crippen LogP contribution in [-0.2, 0) is 0 Å². The van der Waals surface area contributed by atoms with Gasteiger partial charge in [0, 0.05) is 37.9 Å². The second-order valence-electron chi connectivity index (χ2n) is 7.09. The van der Waals surface area contributed by atoms with Crippen molar-refractivity contribution in [1.82, 2.24) is 9.88 Å². The zero-order valence-corrected chi connectivity index (χ0v) is 15.1. The lowest BCUT2D eigenvalue weighted by Crippen LogP contribution is -2.46. The molecule has 1 aromatic carbocycles. The summed E-state index contributed by atoms with van der Waals surface area (Å²) >= 11 is 0. The molecule has 0 atom stereocenters. The molecular formula is C19H22FN3O4. The summed E-state index contributed by atoms with van der Waals surface area (Å²) in [6, 6.07) is 1.20. The highest BCUT2D eigenvalue weighted by atomic mass is 19.1. The quantitative estimate of drug-likeness (QED) is 0.800. The molecule has 1 aliphatic heterocycles. The fourth-order valence-corrected chi connectivity index (χ4v) is 3.88. The number of aromatic nitrogens is 1. The van der Waals surface area contributed by atoms with Crippen molar-refractivity contribution in [1.29, 1.82) is 0 Å². The number of carbonyl (C=O) groups is 1. The first-order valence-corrected chi connectivity index (χ1v) is 9.25. The molecule has 2 N–H and O–H groups in total. The van der Waals surface area contributed by atoms with Crippen molar-refractivity contribution in [2.24, 2.45) is 0 Å². The molecule has 4 rings (SSSR count). The van der Waals surface area contributed by atoms with E-state index in [4.69, 9.17) is 5.11 Å². The van der Waals surface area contributed by atoms with Crippen LogP contribution >= 0.6 is 0 Å². The molecule has 1 aliphatic carbocycles. The highest BCUT2D eigenvalue weighted by molar-refractivity contribution is 5.89.